The van der Waals surface area contributed by atoms with E-state index in [-0.39, 0.29) is 0 Å². The highest BCUT2D eigenvalue weighted by molar-refractivity contribution is 5.05. The summed E-state index contributed by atoms with van der Waals surface area (Å²) in [5, 5.41) is 7.67. The summed E-state index contributed by atoms with van der Waals surface area (Å²) >= 11 is 0. The van der Waals surface area contributed by atoms with E-state index in [1.165, 1.54) is 44.9 Å². The van der Waals surface area contributed by atoms with Gasteiger partial charge in [0, 0.05) is 12.0 Å². The molecule has 0 aliphatic heterocycles. The highest BCUT2D eigenvalue weighted by atomic mass is 16.5. The molecule has 0 radical (unpaired) electrons. The van der Waals surface area contributed by atoms with Crippen LogP contribution >= 0.6 is 0 Å². The molecule has 2 saturated carbocycles. The number of nitrogens with one attached hydrogen (secondary N) is 1. The maximum atomic E-state index is 5.58. The van der Waals surface area contributed by atoms with Gasteiger partial charge < -0.3 is 9.84 Å². The van der Waals surface area contributed by atoms with Crippen molar-refractivity contribution in [1.29, 1.82) is 0 Å². The van der Waals surface area contributed by atoms with Crippen molar-refractivity contribution >= 4 is 0 Å². The Morgan fingerprint density at radius 1 is 1.16 bits per heavy atom. The smallest absolute Gasteiger partial charge is 0.231 e. The minimum absolute atomic E-state index is 0.416. The van der Waals surface area contributed by atoms with Gasteiger partial charge in [-0.25, -0.2) is 0 Å². The van der Waals surface area contributed by atoms with E-state index in [0.717, 1.165) is 17.6 Å². The van der Waals surface area contributed by atoms with E-state index in [1.54, 1.807) is 0 Å². The average molecular weight is 263 g/mol. The van der Waals surface area contributed by atoms with E-state index in [9.17, 15) is 0 Å². The first-order valence-corrected chi connectivity index (χ1v) is 7.78. The molecule has 1 N–H and O–H groups in total. The zero-order valence-electron chi connectivity index (χ0n) is 12.1. The van der Waals surface area contributed by atoms with Crippen molar-refractivity contribution in [2.24, 2.45) is 5.92 Å². The number of rotatable bonds is 3. The third-order valence-corrected chi connectivity index (χ3v) is 4.97. The van der Waals surface area contributed by atoms with Crippen LogP contribution in [-0.4, -0.2) is 23.2 Å². The lowest BCUT2D eigenvalue weighted by Crippen LogP contribution is -2.34. The Kier molecular flexibility index (Phi) is 3.87. The summed E-state index contributed by atoms with van der Waals surface area (Å²) in [5.74, 6) is 3.59. The zero-order chi connectivity index (χ0) is 13.2. The number of aromatic nitrogens is 2. The van der Waals surface area contributed by atoms with Crippen molar-refractivity contribution in [3.05, 3.63) is 11.7 Å². The molecule has 3 rings (SSSR count). The van der Waals surface area contributed by atoms with Gasteiger partial charge in [0.15, 0.2) is 5.82 Å². The van der Waals surface area contributed by atoms with E-state index >= 15 is 0 Å². The van der Waals surface area contributed by atoms with Crippen LogP contribution in [0.5, 0.6) is 0 Å². The summed E-state index contributed by atoms with van der Waals surface area (Å²) in [5.41, 5.74) is 0. The molecule has 19 heavy (non-hydrogen) atoms. The first-order chi connectivity index (χ1) is 9.28. The molecule has 4 unspecified atom stereocenters. The number of hydrogen-bond donors (Lipinski definition) is 1. The zero-order valence-corrected chi connectivity index (χ0v) is 12.1. The molecule has 106 valence electrons. The molecule has 0 aromatic carbocycles. The molecule has 4 atom stereocenters. The lowest BCUT2D eigenvalue weighted by atomic mass is 9.84. The van der Waals surface area contributed by atoms with Gasteiger partial charge in [0.05, 0.1) is 5.92 Å². The van der Waals surface area contributed by atoms with Crippen LogP contribution in [0.3, 0.4) is 0 Å². The van der Waals surface area contributed by atoms with Gasteiger partial charge >= 0.3 is 0 Å². The second-order valence-corrected chi connectivity index (χ2v) is 6.39. The Bertz CT molecular complexity index is 417. The SMILES string of the molecule is CNC1CCCCC1c1nc(C2CCC(C)C2)no1. The van der Waals surface area contributed by atoms with Crippen LogP contribution in [0.25, 0.3) is 0 Å². The topological polar surface area (TPSA) is 51.0 Å². The number of hydrogen-bond acceptors (Lipinski definition) is 4. The predicted molar refractivity (Wildman–Crippen MR) is 74.1 cm³/mol. The van der Waals surface area contributed by atoms with E-state index in [2.05, 4.69) is 17.4 Å². The summed E-state index contributed by atoms with van der Waals surface area (Å²) in [6.07, 6.45) is 8.73. The van der Waals surface area contributed by atoms with Crippen molar-refractivity contribution in [2.75, 3.05) is 7.05 Å². The van der Waals surface area contributed by atoms with E-state index in [4.69, 9.17) is 9.51 Å². The third kappa shape index (κ3) is 2.69. The Balaban J connectivity index is 1.73. The van der Waals surface area contributed by atoms with Gasteiger partial charge in [-0.05, 0) is 45.1 Å². The molecule has 0 saturated heterocycles. The number of likely N-dealkylation sites (N-methyl/N-ethyl adjacent to an activating group) is 1. The summed E-state index contributed by atoms with van der Waals surface area (Å²) < 4.78 is 5.58. The molecule has 1 heterocycles. The molecule has 2 fully saturated rings. The van der Waals surface area contributed by atoms with Crippen LogP contribution in [0.15, 0.2) is 4.52 Å². The van der Waals surface area contributed by atoms with Gasteiger partial charge in [-0.3, -0.25) is 0 Å². The molecule has 4 nitrogen and oxygen atoms in total. The minimum Gasteiger partial charge on any atom is -0.339 e. The first-order valence-electron chi connectivity index (χ1n) is 7.78. The van der Waals surface area contributed by atoms with Crippen molar-refractivity contribution in [3.63, 3.8) is 0 Å². The molecule has 0 bridgehead atoms. The Morgan fingerprint density at radius 2 is 2.00 bits per heavy atom. The van der Waals surface area contributed by atoms with E-state index < -0.39 is 0 Å². The fraction of sp³-hybridized carbons (Fsp3) is 0.867. The third-order valence-electron chi connectivity index (χ3n) is 4.97. The molecule has 4 heteroatoms. The maximum absolute atomic E-state index is 5.58. The second-order valence-electron chi connectivity index (χ2n) is 6.39. The first kappa shape index (κ1) is 13.1. The minimum atomic E-state index is 0.416. The van der Waals surface area contributed by atoms with Crippen molar-refractivity contribution < 1.29 is 4.52 Å². The number of nitrogens with zero attached hydrogens (tertiary/aromatic N) is 2. The second kappa shape index (κ2) is 5.61. The van der Waals surface area contributed by atoms with Crippen molar-refractivity contribution in [3.8, 4) is 0 Å². The van der Waals surface area contributed by atoms with Crippen LogP contribution in [0.4, 0.5) is 0 Å². The van der Waals surface area contributed by atoms with Crippen LogP contribution in [0.1, 0.15) is 75.4 Å². The van der Waals surface area contributed by atoms with Gasteiger partial charge in [0.25, 0.3) is 0 Å². The highest BCUT2D eigenvalue weighted by Crippen LogP contribution is 2.38. The summed E-state index contributed by atoms with van der Waals surface area (Å²) in [6, 6.07) is 0.504. The fourth-order valence-corrected chi connectivity index (χ4v) is 3.78. The highest BCUT2D eigenvalue weighted by Gasteiger charge is 2.32. The monoisotopic (exact) mass is 263 g/mol. The Hall–Kier alpha value is -0.900. The van der Waals surface area contributed by atoms with Crippen LogP contribution < -0.4 is 5.32 Å². The Morgan fingerprint density at radius 3 is 2.74 bits per heavy atom. The lowest BCUT2D eigenvalue weighted by molar-refractivity contribution is 0.269. The molecule has 0 amide bonds. The standard InChI is InChI=1S/C15H25N3O/c1-10-7-8-11(9-10)14-17-15(19-18-14)12-5-3-4-6-13(12)16-2/h10-13,16H,3-9H2,1-2H3. The summed E-state index contributed by atoms with van der Waals surface area (Å²) in [6.45, 7) is 2.32. The molecule has 2 aliphatic rings. The largest absolute Gasteiger partial charge is 0.339 e. The summed E-state index contributed by atoms with van der Waals surface area (Å²) in [4.78, 5) is 4.73. The van der Waals surface area contributed by atoms with E-state index in [0.29, 0.717) is 17.9 Å². The fourth-order valence-electron chi connectivity index (χ4n) is 3.78. The predicted octanol–water partition coefficient (Wildman–Crippen LogP) is 3.22. The quantitative estimate of drug-likeness (QED) is 0.909. The van der Waals surface area contributed by atoms with Gasteiger partial charge in [-0.2, -0.15) is 4.98 Å². The molecule has 2 aliphatic carbocycles. The maximum Gasteiger partial charge on any atom is 0.231 e. The molecular weight excluding hydrogens is 238 g/mol. The van der Waals surface area contributed by atoms with Gasteiger partial charge in [0.2, 0.25) is 5.89 Å². The van der Waals surface area contributed by atoms with Crippen LogP contribution in [0, 0.1) is 5.92 Å². The molecule has 0 spiro atoms. The van der Waals surface area contributed by atoms with Gasteiger partial charge in [-0.15, -0.1) is 0 Å². The van der Waals surface area contributed by atoms with Crippen LogP contribution in [0.2, 0.25) is 0 Å². The van der Waals surface area contributed by atoms with Gasteiger partial charge in [0.1, 0.15) is 0 Å². The van der Waals surface area contributed by atoms with E-state index in [1.807, 2.05) is 7.05 Å². The Labute approximate surface area is 115 Å². The molecular formula is C15H25N3O. The van der Waals surface area contributed by atoms with Crippen molar-refractivity contribution in [2.45, 2.75) is 69.7 Å². The average Bonchev–Trinajstić information content (AvgIpc) is 3.07. The molecule has 1 aromatic rings. The van der Waals surface area contributed by atoms with Gasteiger partial charge in [-0.1, -0.05) is 24.9 Å². The van der Waals surface area contributed by atoms with Crippen molar-refractivity contribution in [1.82, 2.24) is 15.5 Å². The molecule has 1 aromatic heterocycles. The lowest BCUT2D eigenvalue weighted by Gasteiger charge is -2.28. The summed E-state index contributed by atoms with van der Waals surface area (Å²) in [7, 11) is 2.04. The van der Waals surface area contributed by atoms with Crippen LogP contribution in [-0.2, 0) is 0 Å². The normalized spacial score (nSPS) is 35.7.